The number of benzene rings is 1. The van der Waals surface area contributed by atoms with Crippen molar-refractivity contribution in [3.8, 4) is 11.5 Å². The molecule has 23 heteroatoms. The molecule has 10 atom stereocenters. The van der Waals surface area contributed by atoms with E-state index in [1.165, 1.54) is 53.2 Å². The van der Waals surface area contributed by atoms with Crippen molar-refractivity contribution in [2.24, 2.45) is 34.6 Å². The number of halogens is 1. The number of methoxy groups -OCH3 is 1. The summed E-state index contributed by atoms with van der Waals surface area (Å²) in [6.07, 6.45) is 6.84. The zero-order chi connectivity index (χ0) is 61.0. The van der Waals surface area contributed by atoms with Crippen LogP contribution in [0.5, 0.6) is 11.5 Å². The summed E-state index contributed by atoms with van der Waals surface area (Å²) in [4.78, 5) is 110. The number of piperidine rings is 1. The van der Waals surface area contributed by atoms with Crippen LogP contribution in [-0.2, 0) is 23.8 Å². The number of aromatic nitrogens is 2. The number of aliphatic hydroxyl groups is 2. The maximum absolute atomic E-state index is 16.0. The van der Waals surface area contributed by atoms with Gasteiger partial charge in [-0.05, 0) is 58.6 Å². The molecule has 22 nitrogen and oxygen atoms in total. The van der Waals surface area contributed by atoms with Crippen LogP contribution in [0.1, 0.15) is 134 Å². The van der Waals surface area contributed by atoms with Crippen molar-refractivity contribution in [2.75, 3.05) is 51.3 Å². The molecule has 1 saturated carbocycles. The minimum atomic E-state index is -2.16. The quantitative estimate of drug-likeness (QED) is 0.137. The molecule has 10 rings (SSSR count). The third-order valence-corrected chi connectivity index (χ3v) is 17.4. The molecule has 450 valence electrons. The average Bonchev–Trinajstić information content (AvgIpc) is 1.41. The molecule has 3 fully saturated rings. The number of fused-ring (bicyclic) bond motifs is 15. The van der Waals surface area contributed by atoms with E-state index in [1.54, 1.807) is 54.2 Å². The zero-order valence-electron chi connectivity index (χ0n) is 48.9. The summed E-state index contributed by atoms with van der Waals surface area (Å²) in [5, 5.41) is 51.0. The fraction of sp³-hybridized carbons (Fsp3) is 0.525. The van der Waals surface area contributed by atoms with Gasteiger partial charge in [0.1, 0.15) is 40.2 Å². The number of likely N-dealkylation sites (tertiary alicyclic amines) is 1. The number of aliphatic hydroxyl groups excluding tert-OH is 2. The van der Waals surface area contributed by atoms with Crippen LogP contribution in [0, 0.1) is 42.3 Å². The molecule has 3 aromatic rings. The molecule has 1 amide bonds. The normalized spacial score (nSPS) is 30.1. The van der Waals surface area contributed by atoms with E-state index < -0.39 is 128 Å². The SMILES string of the molecule is CCN=C1CN(c2nc3c(cc2F)c(=O)c(C(=O)O)cn3C2CC2)CC1CNC1CCN(C2=C3NC(=O)/C(C)=C\C=C\[C@H](C)[C@H](O)[C@@H](C)[C@@H](O)[C@@H](C)[C@H](OC(C)=O)[C@H](C)[C@@H](OC)/C=C/O[C@@]4(C)Oc5c(C)c(O)c(c(c5C4=O)C2=O)C3=O)CC1. The number of carboxylic acid groups (broad SMARTS) is 1. The molecular formula is C61H74FN7O15. The predicted molar refractivity (Wildman–Crippen MR) is 306 cm³/mol. The molecule has 2 saturated heterocycles. The van der Waals surface area contributed by atoms with Crippen LogP contribution in [0.25, 0.3) is 11.0 Å². The van der Waals surface area contributed by atoms with E-state index in [9.17, 15) is 44.4 Å². The van der Waals surface area contributed by atoms with Gasteiger partial charge in [0.15, 0.2) is 11.6 Å². The second-order valence-electron chi connectivity index (χ2n) is 23.2. The number of carbonyl (C=O) groups excluding carboxylic acids is 5. The van der Waals surface area contributed by atoms with Gasteiger partial charge in [-0.1, -0.05) is 45.9 Å². The van der Waals surface area contributed by atoms with Crippen LogP contribution in [0.4, 0.5) is 10.2 Å². The lowest BCUT2D eigenvalue weighted by molar-refractivity contribution is -0.160. The Bertz CT molecular complexity index is 3430. The number of aliphatic imine (C=N–C) groups is 1. The summed E-state index contributed by atoms with van der Waals surface area (Å²) in [5.41, 5.74) is -2.04. The summed E-state index contributed by atoms with van der Waals surface area (Å²) in [5.74, 6) is -12.0. The number of nitrogens with zero attached hydrogens (tertiary/aromatic N) is 5. The lowest BCUT2D eigenvalue weighted by Crippen LogP contribution is -2.48. The molecule has 5 bridgehead atoms. The van der Waals surface area contributed by atoms with E-state index in [2.05, 4.69) is 15.6 Å². The summed E-state index contributed by atoms with van der Waals surface area (Å²) in [7, 11) is 1.41. The number of Topliss-reactive ketones (excluding diaryl/α,β-unsaturated/α-hetero) is 3. The topological polar surface area (TPSA) is 298 Å². The van der Waals surface area contributed by atoms with Gasteiger partial charge in [-0.2, -0.15) is 0 Å². The van der Waals surface area contributed by atoms with E-state index in [-0.39, 0.29) is 82.6 Å². The number of phenols is 1. The van der Waals surface area contributed by atoms with Gasteiger partial charge in [-0.25, -0.2) is 14.2 Å². The summed E-state index contributed by atoms with van der Waals surface area (Å²) >= 11 is 0. The van der Waals surface area contributed by atoms with Gasteiger partial charge in [0.05, 0.1) is 53.2 Å². The monoisotopic (exact) mass is 1160 g/mol. The Morgan fingerprint density at radius 1 is 0.952 bits per heavy atom. The molecule has 1 unspecified atom stereocenters. The minimum absolute atomic E-state index is 0.0190. The third kappa shape index (κ3) is 11.4. The van der Waals surface area contributed by atoms with Crippen molar-refractivity contribution in [3.63, 3.8) is 0 Å². The highest BCUT2D eigenvalue weighted by Crippen LogP contribution is 2.49. The highest BCUT2D eigenvalue weighted by atomic mass is 19.1. The maximum Gasteiger partial charge on any atom is 0.341 e. The fourth-order valence-corrected chi connectivity index (χ4v) is 12.3. The van der Waals surface area contributed by atoms with E-state index in [1.807, 2.05) is 6.92 Å². The van der Waals surface area contributed by atoms with Crippen molar-refractivity contribution in [3.05, 3.63) is 104 Å². The Balaban J connectivity index is 1.01. The lowest BCUT2D eigenvalue weighted by Gasteiger charge is -2.38. The first-order valence-electron chi connectivity index (χ1n) is 28.6. The molecule has 0 radical (unpaired) electrons. The van der Waals surface area contributed by atoms with Crippen LogP contribution in [0.2, 0.25) is 0 Å². The number of allylic oxidation sites excluding steroid dienone is 4. The van der Waals surface area contributed by atoms with Crippen LogP contribution >= 0.6 is 0 Å². The molecule has 84 heavy (non-hydrogen) atoms. The molecule has 2 aliphatic carbocycles. The van der Waals surface area contributed by atoms with Crippen molar-refractivity contribution < 1.29 is 72.5 Å². The first kappa shape index (κ1) is 61.0. The number of ether oxygens (including phenoxy) is 4. The molecule has 6 N–H and O–H groups in total. The molecule has 1 aromatic carbocycles. The number of hydrogen-bond acceptors (Lipinski definition) is 19. The maximum atomic E-state index is 16.0. The third-order valence-electron chi connectivity index (χ3n) is 17.4. The van der Waals surface area contributed by atoms with Crippen LogP contribution in [-0.4, -0.2) is 158 Å². The van der Waals surface area contributed by atoms with Gasteiger partial charge in [0, 0.05) is 118 Å². The van der Waals surface area contributed by atoms with E-state index >= 15 is 14.0 Å². The van der Waals surface area contributed by atoms with Crippen molar-refractivity contribution in [2.45, 2.75) is 130 Å². The van der Waals surface area contributed by atoms with Crippen LogP contribution in [0.3, 0.4) is 0 Å². The van der Waals surface area contributed by atoms with E-state index in [4.69, 9.17) is 23.9 Å². The predicted octanol–water partition coefficient (Wildman–Crippen LogP) is 5.49. The molecule has 7 aliphatic rings. The highest BCUT2D eigenvalue weighted by Gasteiger charge is 2.53. The van der Waals surface area contributed by atoms with Crippen molar-refractivity contribution in [1.82, 2.24) is 25.1 Å². The van der Waals surface area contributed by atoms with Crippen molar-refractivity contribution in [1.29, 1.82) is 0 Å². The zero-order valence-corrected chi connectivity index (χ0v) is 48.9. The average molecular weight is 1160 g/mol. The van der Waals surface area contributed by atoms with Crippen LogP contribution in [0.15, 0.2) is 69.6 Å². The number of carbonyl (C=O) groups is 6. The number of phenolic OH excluding ortho intramolecular Hbond substituents is 1. The first-order valence-corrected chi connectivity index (χ1v) is 28.6. The number of hydrogen-bond donors (Lipinski definition) is 6. The number of rotatable bonds is 10. The number of pyridine rings is 2. The van der Waals surface area contributed by atoms with E-state index in [0.29, 0.717) is 32.5 Å². The molecule has 7 heterocycles. The largest absolute Gasteiger partial charge is 0.507 e. The summed E-state index contributed by atoms with van der Waals surface area (Å²) in [6.45, 7) is 16.0. The Labute approximate surface area is 485 Å². The number of ketones is 3. The number of aromatic carboxylic acids is 1. The van der Waals surface area contributed by atoms with Gasteiger partial charge in [-0.15, -0.1) is 0 Å². The highest BCUT2D eigenvalue weighted by molar-refractivity contribution is 6.32. The number of amides is 1. The molecular weight excluding hydrogens is 1090 g/mol. The van der Waals surface area contributed by atoms with Gasteiger partial charge in [-0.3, -0.25) is 33.8 Å². The standard InChI is InChI=1S/C61H74FN7O15/c1-11-63-41-27-68(58-40(62)23-38-51(74)39(60(79)80)26-69(37-15-16-37)57(38)66-58)25-35(41)24-64-36-17-20-67(21-18-36)47-46-52(75)44-43(53(47)76)45-55(33(7)50(44)73)84-61(9,56(45)77)82-22-19-42(81-10)30(4)54(83-34(8)70)32(6)49(72)31(5)48(71)28(2)13-12-14-29(3)59(78)65-46/h12-14,19,22-23,26,28,30-32,35-37,42,48-49,54,64,71-73H,11,15-18,20-21,24-25,27H2,1-10H3,(H,65,78)(H,79,80)/b13-12+,22-19+,29-14-,63-41?/t28-,30+,31+,32+,35?,42-,48-,49+,54+,61-/m0/s1. The van der Waals surface area contributed by atoms with Gasteiger partial charge in [0.2, 0.25) is 17.0 Å². The second-order valence-corrected chi connectivity index (χ2v) is 23.2. The smallest absolute Gasteiger partial charge is 0.341 e. The molecule has 2 aromatic heterocycles. The number of carboxylic acids is 1. The Kier molecular flexibility index (Phi) is 17.5. The number of anilines is 1. The Hall–Kier alpha value is -7.60. The second kappa shape index (κ2) is 24.2. The first-order chi connectivity index (χ1) is 39.8. The summed E-state index contributed by atoms with van der Waals surface area (Å²) < 4.78 is 41.5. The number of nitrogens with one attached hydrogen (secondary N) is 2. The van der Waals surface area contributed by atoms with Gasteiger partial charge in [0.25, 0.3) is 11.7 Å². The summed E-state index contributed by atoms with van der Waals surface area (Å²) in [6, 6.07) is 0.862. The Morgan fingerprint density at radius 3 is 2.30 bits per heavy atom. The number of esters is 1. The van der Waals surface area contributed by atoms with Gasteiger partial charge >= 0.3 is 17.7 Å². The lowest BCUT2D eigenvalue weighted by atomic mass is 9.78. The Morgan fingerprint density at radius 2 is 1.65 bits per heavy atom. The number of aromatic hydroxyl groups is 1. The minimum Gasteiger partial charge on any atom is -0.507 e. The molecule has 5 aliphatic heterocycles. The fourth-order valence-electron chi connectivity index (χ4n) is 12.3. The van der Waals surface area contributed by atoms with Gasteiger partial charge < -0.3 is 64.4 Å². The van der Waals surface area contributed by atoms with E-state index in [0.717, 1.165) is 30.9 Å². The van der Waals surface area contributed by atoms with Crippen LogP contribution < -0.4 is 25.7 Å². The molecule has 0 spiro atoms. The van der Waals surface area contributed by atoms with Crippen molar-refractivity contribution >= 4 is 57.8 Å².